The monoisotopic (exact) mass is 241 g/mol. The molecule has 0 radical (unpaired) electrons. The molecular weight excluding hydrogens is 218 g/mol. The molecule has 3 nitrogen and oxygen atoms in total. The fraction of sp³-hybridized carbons (Fsp3) is 0.750. The van der Waals surface area contributed by atoms with E-state index in [1.54, 1.807) is 0 Å². The lowest BCUT2D eigenvalue weighted by Crippen LogP contribution is -2.23. The molecule has 0 bridgehead atoms. The first-order valence-electron chi connectivity index (χ1n) is 5.96. The molecule has 0 aliphatic heterocycles. The van der Waals surface area contributed by atoms with E-state index < -0.39 is 0 Å². The molecular formula is C12H23N3S. The van der Waals surface area contributed by atoms with Gasteiger partial charge in [0, 0.05) is 13.1 Å². The maximum atomic E-state index is 4.33. The van der Waals surface area contributed by atoms with Crippen molar-refractivity contribution >= 4 is 11.8 Å². The van der Waals surface area contributed by atoms with Crippen molar-refractivity contribution in [3.05, 3.63) is 11.8 Å². The number of unbranched alkanes of at least 4 members (excludes halogenated alkanes) is 1. The lowest BCUT2D eigenvalue weighted by Gasteiger charge is -2.07. The number of hydrogen-bond donors (Lipinski definition) is 1. The van der Waals surface area contributed by atoms with Crippen LogP contribution in [0.15, 0.2) is 11.1 Å². The minimum atomic E-state index is 0.604. The van der Waals surface area contributed by atoms with Crippen LogP contribution in [0.4, 0.5) is 0 Å². The van der Waals surface area contributed by atoms with Gasteiger partial charge in [0.2, 0.25) is 0 Å². The van der Waals surface area contributed by atoms with Gasteiger partial charge in [-0.2, -0.15) is 5.10 Å². The smallest absolute Gasteiger partial charge is 0.0939 e. The third-order valence-electron chi connectivity index (χ3n) is 2.33. The standard InChI is InChI=1S/C12H23N3S/c1-10(2)13-7-5-6-8-16-12-9-11(3)14-15(12)4/h9-10,13H,5-8H2,1-4H3. The van der Waals surface area contributed by atoms with Gasteiger partial charge in [-0.05, 0) is 38.1 Å². The van der Waals surface area contributed by atoms with Crippen LogP contribution in [0, 0.1) is 6.92 Å². The molecule has 1 aromatic rings. The maximum absolute atomic E-state index is 4.33. The molecule has 4 heteroatoms. The van der Waals surface area contributed by atoms with Crippen LogP contribution in [-0.4, -0.2) is 28.1 Å². The van der Waals surface area contributed by atoms with Gasteiger partial charge in [-0.25, -0.2) is 0 Å². The normalized spacial score (nSPS) is 11.3. The largest absolute Gasteiger partial charge is 0.315 e. The molecule has 1 aromatic heterocycles. The number of hydrogen-bond acceptors (Lipinski definition) is 3. The van der Waals surface area contributed by atoms with Crippen molar-refractivity contribution in [2.45, 2.75) is 44.7 Å². The first kappa shape index (κ1) is 13.6. The molecule has 1 heterocycles. The SMILES string of the molecule is Cc1cc(SCCCCNC(C)C)n(C)n1. The summed E-state index contributed by atoms with van der Waals surface area (Å²) in [6.45, 7) is 7.54. The van der Waals surface area contributed by atoms with E-state index in [0.29, 0.717) is 6.04 Å². The average molecular weight is 241 g/mol. The third kappa shape index (κ3) is 5.03. The van der Waals surface area contributed by atoms with E-state index in [2.05, 4.69) is 30.3 Å². The second-order valence-corrected chi connectivity index (χ2v) is 5.53. The minimum Gasteiger partial charge on any atom is -0.315 e. The highest BCUT2D eigenvalue weighted by Gasteiger charge is 2.01. The van der Waals surface area contributed by atoms with Crippen LogP contribution in [0.2, 0.25) is 0 Å². The number of nitrogens with one attached hydrogen (secondary N) is 1. The number of aryl methyl sites for hydroxylation is 2. The van der Waals surface area contributed by atoms with Gasteiger partial charge in [0.1, 0.15) is 0 Å². The molecule has 0 aliphatic rings. The summed E-state index contributed by atoms with van der Waals surface area (Å²) >= 11 is 1.90. The molecule has 0 unspecified atom stereocenters. The van der Waals surface area contributed by atoms with Gasteiger partial charge in [0.25, 0.3) is 0 Å². The van der Waals surface area contributed by atoms with Crippen molar-refractivity contribution in [2.24, 2.45) is 7.05 Å². The molecule has 16 heavy (non-hydrogen) atoms. The van der Waals surface area contributed by atoms with Gasteiger partial charge in [-0.1, -0.05) is 13.8 Å². The number of thioether (sulfide) groups is 1. The van der Waals surface area contributed by atoms with E-state index in [-0.39, 0.29) is 0 Å². The van der Waals surface area contributed by atoms with Gasteiger partial charge < -0.3 is 5.32 Å². The Kier molecular flexibility index (Phi) is 5.91. The van der Waals surface area contributed by atoms with Crippen molar-refractivity contribution in [3.8, 4) is 0 Å². The van der Waals surface area contributed by atoms with Crippen molar-refractivity contribution in [1.82, 2.24) is 15.1 Å². The molecule has 0 aliphatic carbocycles. The summed E-state index contributed by atoms with van der Waals surface area (Å²) in [4.78, 5) is 0. The van der Waals surface area contributed by atoms with Crippen LogP contribution in [0.3, 0.4) is 0 Å². The predicted molar refractivity (Wildman–Crippen MR) is 71.0 cm³/mol. The highest BCUT2D eigenvalue weighted by molar-refractivity contribution is 7.99. The number of nitrogens with zero attached hydrogens (tertiary/aromatic N) is 2. The topological polar surface area (TPSA) is 29.9 Å². The summed E-state index contributed by atoms with van der Waals surface area (Å²) in [7, 11) is 2.01. The second-order valence-electron chi connectivity index (χ2n) is 4.41. The van der Waals surface area contributed by atoms with Crippen LogP contribution in [-0.2, 0) is 7.05 Å². The Bertz CT molecular complexity index is 307. The zero-order chi connectivity index (χ0) is 12.0. The van der Waals surface area contributed by atoms with E-state index in [1.165, 1.54) is 23.6 Å². The Hall–Kier alpha value is -0.480. The van der Waals surface area contributed by atoms with Crippen molar-refractivity contribution < 1.29 is 0 Å². The number of aromatic nitrogens is 2. The van der Waals surface area contributed by atoms with Crippen molar-refractivity contribution in [1.29, 1.82) is 0 Å². The Labute approximate surface area is 103 Å². The van der Waals surface area contributed by atoms with Crippen LogP contribution in [0.25, 0.3) is 0 Å². The molecule has 1 N–H and O–H groups in total. The van der Waals surface area contributed by atoms with E-state index in [4.69, 9.17) is 0 Å². The van der Waals surface area contributed by atoms with Crippen LogP contribution >= 0.6 is 11.8 Å². The average Bonchev–Trinajstić information content (AvgIpc) is 2.50. The highest BCUT2D eigenvalue weighted by Crippen LogP contribution is 2.19. The zero-order valence-corrected chi connectivity index (χ0v) is 11.6. The molecule has 0 atom stereocenters. The summed E-state index contributed by atoms with van der Waals surface area (Å²) in [5.74, 6) is 1.18. The summed E-state index contributed by atoms with van der Waals surface area (Å²) < 4.78 is 1.96. The molecule has 0 spiro atoms. The Balaban J connectivity index is 2.09. The lowest BCUT2D eigenvalue weighted by molar-refractivity contribution is 0.567. The van der Waals surface area contributed by atoms with Gasteiger partial charge in [0.15, 0.2) is 0 Å². The Morgan fingerprint density at radius 2 is 2.19 bits per heavy atom. The molecule has 0 saturated carbocycles. The van der Waals surface area contributed by atoms with E-state index in [1.807, 2.05) is 30.4 Å². The van der Waals surface area contributed by atoms with Gasteiger partial charge >= 0.3 is 0 Å². The summed E-state index contributed by atoms with van der Waals surface area (Å²) in [5.41, 5.74) is 1.10. The minimum absolute atomic E-state index is 0.604. The quantitative estimate of drug-likeness (QED) is 0.588. The molecule has 0 saturated heterocycles. The lowest BCUT2D eigenvalue weighted by atomic mass is 10.3. The van der Waals surface area contributed by atoms with Crippen molar-refractivity contribution in [2.75, 3.05) is 12.3 Å². The van der Waals surface area contributed by atoms with E-state index >= 15 is 0 Å². The first-order chi connectivity index (χ1) is 7.59. The Morgan fingerprint density at radius 1 is 1.44 bits per heavy atom. The maximum Gasteiger partial charge on any atom is 0.0939 e. The highest BCUT2D eigenvalue weighted by atomic mass is 32.2. The molecule has 92 valence electrons. The molecule has 1 rings (SSSR count). The van der Waals surface area contributed by atoms with Crippen molar-refractivity contribution in [3.63, 3.8) is 0 Å². The van der Waals surface area contributed by atoms with E-state index in [9.17, 15) is 0 Å². The third-order valence-corrected chi connectivity index (χ3v) is 3.50. The molecule has 0 fully saturated rings. The van der Waals surface area contributed by atoms with Crippen LogP contribution in [0.5, 0.6) is 0 Å². The van der Waals surface area contributed by atoms with Gasteiger partial charge in [0.05, 0.1) is 10.7 Å². The van der Waals surface area contributed by atoms with E-state index in [0.717, 1.165) is 12.2 Å². The fourth-order valence-corrected chi connectivity index (χ4v) is 2.56. The van der Waals surface area contributed by atoms with Gasteiger partial charge in [-0.15, -0.1) is 11.8 Å². The summed E-state index contributed by atoms with van der Waals surface area (Å²) in [5, 5.41) is 9.04. The predicted octanol–water partition coefficient (Wildman–Crippen LogP) is 2.60. The van der Waals surface area contributed by atoms with Gasteiger partial charge in [-0.3, -0.25) is 4.68 Å². The van der Waals surface area contributed by atoms with Crippen LogP contribution in [0.1, 0.15) is 32.4 Å². The van der Waals surface area contributed by atoms with Crippen LogP contribution < -0.4 is 5.32 Å². The number of rotatable bonds is 7. The molecule has 0 aromatic carbocycles. The fourth-order valence-electron chi connectivity index (χ4n) is 1.52. The second kappa shape index (κ2) is 6.97. The first-order valence-corrected chi connectivity index (χ1v) is 6.95. The molecule has 0 amide bonds. The summed E-state index contributed by atoms with van der Waals surface area (Å²) in [6, 6.07) is 2.75. The summed E-state index contributed by atoms with van der Waals surface area (Å²) in [6.07, 6.45) is 2.51. The zero-order valence-electron chi connectivity index (χ0n) is 10.8. The Morgan fingerprint density at radius 3 is 2.75 bits per heavy atom.